The van der Waals surface area contributed by atoms with Crippen LogP contribution in [-0.4, -0.2) is 15.3 Å². The summed E-state index contributed by atoms with van der Waals surface area (Å²) >= 11 is 0. The SMILES string of the molecule is C[C@@H]1C[C@H](c2ccc(O)cc2O)Oc2cc(O)ccc21. The highest BCUT2D eigenvalue weighted by molar-refractivity contribution is 5.46. The van der Waals surface area contributed by atoms with Gasteiger partial charge in [-0.3, -0.25) is 0 Å². The molecule has 20 heavy (non-hydrogen) atoms. The van der Waals surface area contributed by atoms with Crippen molar-refractivity contribution in [1.82, 2.24) is 0 Å². The summed E-state index contributed by atoms with van der Waals surface area (Å²) in [5.41, 5.74) is 1.70. The van der Waals surface area contributed by atoms with Crippen molar-refractivity contribution in [2.75, 3.05) is 0 Å². The fourth-order valence-electron chi connectivity index (χ4n) is 2.68. The molecule has 0 unspecified atom stereocenters. The topological polar surface area (TPSA) is 69.9 Å². The average molecular weight is 272 g/mol. The van der Waals surface area contributed by atoms with E-state index in [1.807, 2.05) is 6.07 Å². The number of fused-ring (bicyclic) bond motifs is 1. The highest BCUT2D eigenvalue weighted by Gasteiger charge is 2.28. The number of rotatable bonds is 1. The molecule has 0 amide bonds. The normalized spacial score (nSPS) is 21.1. The van der Waals surface area contributed by atoms with E-state index in [0.717, 1.165) is 12.0 Å². The van der Waals surface area contributed by atoms with Crippen LogP contribution in [0.4, 0.5) is 0 Å². The lowest BCUT2D eigenvalue weighted by Crippen LogP contribution is -2.17. The Hall–Kier alpha value is -2.36. The van der Waals surface area contributed by atoms with Gasteiger partial charge in [0.2, 0.25) is 0 Å². The molecule has 0 aliphatic carbocycles. The molecular weight excluding hydrogens is 256 g/mol. The Balaban J connectivity index is 1.98. The Bertz CT molecular complexity index is 651. The van der Waals surface area contributed by atoms with E-state index < -0.39 is 0 Å². The maximum Gasteiger partial charge on any atom is 0.128 e. The molecule has 2 atom stereocenters. The van der Waals surface area contributed by atoms with Crippen LogP contribution in [0.25, 0.3) is 0 Å². The van der Waals surface area contributed by atoms with Crippen molar-refractivity contribution < 1.29 is 20.1 Å². The minimum absolute atomic E-state index is 0.0193. The molecule has 3 N–H and O–H groups in total. The molecule has 0 radical (unpaired) electrons. The molecule has 0 spiro atoms. The van der Waals surface area contributed by atoms with E-state index >= 15 is 0 Å². The smallest absolute Gasteiger partial charge is 0.128 e. The molecule has 0 bridgehead atoms. The maximum absolute atomic E-state index is 9.94. The summed E-state index contributed by atoms with van der Waals surface area (Å²) in [7, 11) is 0. The lowest BCUT2D eigenvalue weighted by Gasteiger charge is -2.31. The fourth-order valence-corrected chi connectivity index (χ4v) is 2.68. The van der Waals surface area contributed by atoms with Crippen LogP contribution in [0.1, 0.15) is 36.5 Å². The zero-order valence-electron chi connectivity index (χ0n) is 11.1. The summed E-state index contributed by atoms with van der Waals surface area (Å²) in [6, 6.07) is 9.60. The third-order valence-corrected chi connectivity index (χ3v) is 3.73. The minimum atomic E-state index is -0.292. The van der Waals surface area contributed by atoms with Gasteiger partial charge in [0.25, 0.3) is 0 Å². The monoisotopic (exact) mass is 272 g/mol. The highest BCUT2D eigenvalue weighted by Crippen LogP contribution is 2.45. The summed E-state index contributed by atoms with van der Waals surface area (Å²) in [6.07, 6.45) is 0.440. The van der Waals surface area contributed by atoms with Crippen LogP contribution in [0.2, 0.25) is 0 Å². The van der Waals surface area contributed by atoms with E-state index in [1.165, 1.54) is 12.1 Å². The molecule has 3 rings (SSSR count). The van der Waals surface area contributed by atoms with Crippen LogP contribution >= 0.6 is 0 Å². The quantitative estimate of drug-likeness (QED) is 0.743. The Morgan fingerprint density at radius 1 is 0.950 bits per heavy atom. The van der Waals surface area contributed by atoms with Crippen LogP contribution in [0.15, 0.2) is 36.4 Å². The Morgan fingerprint density at radius 3 is 2.30 bits per heavy atom. The summed E-state index contributed by atoms with van der Waals surface area (Å²) in [4.78, 5) is 0. The van der Waals surface area contributed by atoms with Gasteiger partial charge in [-0.15, -0.1) is 0 Å². The van der Waals surface area contributed by atoms with Gasteiger partial charge in [-0.1, -0.05) is 13.0 Å². The predicted molar refractivity (Wildman–Crippen MR) is 74.3 cm³/mol. The van der Waals surface area contributed by atoms with Gasteiger partial charge in [-0.2, -0.15) is 0 Å². The van der Waals surface area contributed by atoms with E-state index in [2.05, 4.69) is 6.92 Å². The first kappa shape index (κ1) is 12.7. The Morgan fingerprint density at radius 2 is 1.60 bits per heavy atom. The van der Waals surface area contributed by atoms with E-state index in [9.17, 15) is 15.3 Å². The molecule has 1 heterocycles. The van der Waals surface area contributed by atoms with Gasteiger partial charge in [-0.25, -0.2) is 0 Å². The molecule has 0 aromatic heterocycles. The second-order valence-electron chi connectivity index (χ2n) is 5.21. The summed E-state index contributed by atoms with van der Waals surface area (Å²) < 4.78 is 5.89. The van der Waals surface area contributed by atoms with Crippen LogP contribution in [-0.2, 0) is 0 Å². The predicted octanol–water partition coefficient (Wildman–Crippen LogP) is 3.43. The van der Waals surface area contributed by atoms with Crippen molar-refractivity contribution >= 4 is 0 Å². The first-order valence-corrected chi connectivity index (χ1v) is 6.56. The van der Waals surface area contributed by atoms with Gasteiger partial charge in [0.1, 0.15) is 29.1 Å². The van der Waals surface area contributed by atoms with Gasteiger partial charge < -0.3 is 20.1 Å². The number of hydrogen-bond donors (Lipinski definition) is 3. The molecule has 1 aliphatic heterocycles. The van der Waals surface area contributed by atoms with E-state index in [0.29, 0.717) is 11.3 Å². The molecule has 0 saturated carbocycles. The Labute approximate surface area is 116 Å². The average Bonchev–Trinajstić information content (AvgIpc) is 2.37. The van der Waals surface area contributed by atoms with Crippen LogP contribution in [0.3, 0.4) is 0 Å². The maximum atomic E-state index is 9.94. The molecule has 2 aromatic carbocycles. The van der Waals surface area contributed by atoms with Gasteiger partial charge in [0.15, 0.2) is 0 Å². The van der Waals surface area contributed by atoms with Gasteiger partial charge in [-0.05, 0) is 36.1 Å². The van der Waals surface area contributed by atoms with E-state index in [1.54, 1.807) is 18.2 Å². The standard InChI is InChI=1S/C16H16O4/c1-9-6-15(13-5-3-10(17)7-14(13)19)20-16-8-11(18)2-4-12(9)16/h2-5,7-9,15,17-19H,6H2,1H3/t9-,15-/m1/s1. The number of phenols is 3. The molecule has 1 aliphatic rings. The highest BCUT2D eigenvalue weighted by atomic mass is 16.5. The number of benzene rings is 2. The largest absolute Gasteiger partial charge is 0.508 e. The molecule has 0 saturated heterocycles. The Kier molecular flexibility index (Phi) is 2.93. The number of aromatic hydroxyl groups is 3. The van der Waals surface area contributed by atoms with Crippen molar-refractivity contribution in [3.8, 4) is 23.0 Å². The number of phenolic OH excluding ortho intramolecular Hbond substituents is 3. The molecule has 104 valence electrons. The molecule has 4 nitrogen and oxygen atoms in total. The summed E-state index contributed by atoms with van der Waals surface area (Å²) in [6.45, 7) is 2.09. The zero-order valence-corrected chi connectivity index (χ0v) is 11.1. The van der Waals surface area contributed by atoms with Crippen LogP contribution in [0, 0.1) is 0 Å². The van der Waals surface area contributed by atoms with Gasteiger partial charge in [0, 0.05) is 17.7 Å². The number of hydrogen-bond acceptors (Lipinski definition) is 4. The molecule has 2 aromatic rings. The lowest BCUT2D eigenvalue weighted by atomic mass is 9.88. The van der Waals surface area contributed by atoms with Crippen molar-refractivity contribution in [3.05, 3.63) is 47.5 Å². The molecular formula is C16H16O4. The minimum Gasteiger partial charge on any atom is -0.508 e. The van der Waals surface area contributed by atoms with Crippen molar-refractivity contribution in [2.45, 2.75) is 25.4 Å². The molecule has 0 fully saturated rings. The van der Waals surface area contributed by atoms with Crippen molar-refractivity contribution in [1.29, 1.82) is 0 Å². The van der Waals surface area contributed by atoms with Crippen molar-refractivity contribution in [2.24, 2.45) is 0 Å². The lowest BCUT2D eigenvalue weighted by molar-refractivity contribution is 0.160. The zero-order chi connectivity index (χ0) is 14.3. The summed E-state index contributed by atoms with van der Waals surface area (Å²) in [5.74, 6) is 1.10. The third kappa shape index (κ3) is 2.13. The van der Waals surface area contributed by atoms with Crippen LogP contribution in [0.5, 0.6) is 23.0 Å². The second-order valence-corrected chi connectivity index (χ2v) is 5.21. The third-order valence-electron chi connectivity index (χ3n) is 3.73. The van der Waals surface area contributed by atoms with Gasteiger partial charge in [0.05, 0.1) is 0 Å². The fraction of sp³-hybridized carbons (Fsp3) is 0.250. The first-order chi connectivity index (χ1) is 9.54. The summed E-state index contributed by atoms with van der Waals surface area (Å²) in [5, 5.41) is 28.9. The molecule has 4 heteroatoms. The van der Waals surface area contributed by atoms with Gasteiger partial charge >= 0.3 is 0 Å². The van der Waals surface area contributed by atoms with Crippen LogP contribution < -0.4 is 4.74 Å². The van der Waals surface area contributed by atoms with E-state index in [4.69, 9.17) is 4.74 Å². The van der Waals surface area contributed by atoms with E-state index in [-0.39, 0.29) is 29.3 Å². The second kappa shape index (κ2) is 4.63. The van der Waals surface area contributed by atoms with Crippen molar-refractivity contribution in [3.63, 3.8) is 0 Å². The number of ether oxygens (including phenoxy) is 1. The first-order valence-electron chi connectivity index (χ1n) is 6.56.